The molecule has 0 saturated heterocycles. The van der Waals surface area contributed by atoms with Crippen molar-refractivity contribution < 1.29 is 9.47 Å². The first-order valence-electron chi connectivity index (χ1n) is 8.04. The fraction of sp³-hybridized carbons (Fsp3) is 0.300. The van der Waals surface area contributed by atoms with Gasteiger partial charge < -0.3 is 14.8 Å². The van der Waals surface area contributed by atoms with Gasteiger partial charge in [0.1, 0.15) is 6.61 Å². The summed E-state index contributed by atoms with van der Waals surface area (Å²) >= 11 is 3.57. The molecule has 0 atom stereocenters. The van der Waals surface area contributed by atoms with Crippen LogP contribution in [0.3, 0.4) is 0 Å². The zero-order valence-electron chi connectivity index (χ0n) is 14.3. The Hall–Kier alpha value is -1.94. The van der Waals surface area contributed by atoms with Crippen molar-refractivity contribution in [1.82, 2.24) is 0 Å². The van der Waals surface area contributed by atoms with Crippen molar-refractivity contribution in [2.75, 3.05) is 12.4 Å². The normalized spacial score (nSPS) is 16.8. The van der Waals surface area contributed by atoms with E-state index in [4.69, 9.17) is 9.47 Å². The number of benzene rings is 2. The van der Waals surface area contributed by atoms with Gasteiger partial charge in [0.2, 0.25) is 0 Å². The van der Waals surface area contributed by atoms with Crippen LogP contribution < -0.4 is 14.8 Å². The molecule has 0 aromatic heterocycles. The fourth-order valence-electron chi connectivity index (χ4n) is 3.39. The number of hydrogen-bond acceptors (Lipinski definition) is 3. The van der Waals surface area contributed by atoms with Crippen LogP contribution >= 0.6 is 15.9 Å². The van der Waals surface area contributed by atoms with Gasteiger partial charge in [-0.25, -0.2) is 0 Å². The van der Waals surface area contributed by atoms with E-state index in [-0.39, 0.29) is 5.54 Å². The number of ether oxygens (including phenoxy) is 2. The fourth-order valence-corrected chi connectivity index (χ4v) is 3.83. The molecular weight excluding hydrogens is 366 g/mol. The summed E-state index contributed by atoms with van der Waals surface area (Å²) in [6, 6.07) is 8.38. The van der Waals surface area contributed by atoms with E-state index in [1.165, 1.54) is 28.0 Å². The van der Waals surface area contributed by atoms with Crippen molar-refractivity contribution in [3.8, 4) is 22.6 Å². The van der Waals surface area contributed by atoms with Crippen molar-refractivity contribution in [3.05, 3.63) is 45.4 Å². The summed E-state index contributed by atoms with van der Waals surface area (Å²) < 4.78 is 12.5. The van der Waals surface area contributed by atoms with Gasteiger partial charge in [0, 0.05) is 26.9 Å². The van der Waals surface area contributed by atoms with Crippen LogP contribution in [-0.4, -0.2) is 12.6 Å². The smallest absolute Gasteiger partial charge is 0.169 e. The van der Waals surface area contributed by atoms with Gasteiger partial charge in [-0.05, 0) is 50.1 Å². The molecule has 0 saturated carbocycles. The molecule has 0 fully saturated rings. The molecule has 1 N–H and O–H groups in total. The van der Waals surface area contributed by atoms with E-state index in [0.29, 0.717) is 6.61 Å². The number of halogens is 1. The van der Waals surface area contributed by atoms with E-state index in [2.05, 4.69) is 66.3 Å². The molecule has 0 aliphatic carbocycles. The SMILES string of the molecule is COc1cc(Br)cc2c1OCc1c-2ccc2c1C=C(C)C(C)(C)N2. The molecular formula is C20H20BrNO2. The third kappa shape index (κ3) is 2.24. The first-order chi connectivity index (χ1) is 11.4. The van der Waals surface area contributed by atoms with Crippen LogP contribution in [0.15, 0.2) is 34.3 Å². The topological polar surface area (TPSA) is 30.5 Å². The standard InChI is InChI=1S/C20H20BrNO2/c1-11-7-14-16-10-24-19-15(8-12(21)9-18(19)23-4)13(16)5-6-17(14)22-20(11,2)3/h5-9,22H,10H2,1-4H3. The van der Waals surface area contributed by atoms with Gasteiger partial charge in [-0.15, -0.1) is 0 Å². The summed E-state index contributed by atoms with van der Waals surface area (Å²) in [7, 11) is 1.67. The molecule has 0 unspecified atom stereocenters. The molecule has 4 heteroatoms. The molecule has 2 heterocycles. The second kappa shape index (κ2) is 5.28. The molecule has 2 aromatic rings. The Labute approximate surface area is 150 Å². The van der Waals surface area contributed by atoms with E-state index in [9.17, 15) is 0 Å². The highest BCUT2D eigenvalue weighted by molar-refractivity contribution is 9.10. The van der Waals surface area contributed by atoms with E-state index in [1.807, 2.05) is 6.07 Å². The van der Waals surface area contributed by atoms with Crippen LogP contribution in [0, 0.1) is 0 Å². The Balaban J connectivity index is 1.95. The number of nitrogens with one attached hydrogen (secondary N) is 1. The van der Waals surface area contributed by atoms with Gasteiger partial charge in [-0.3, -0.25) is 0 Å². The number of hydrogen-bond donors (Lipinski definition) is 1. The zero-order chi connectivity index (χ0) is 17.1. The highest BCUT2D eigenvalue weighted by Crippen LogP contribution is 2.48. The lowest BCUT2D eigenvalue weighted by Crippen LogP contribution is -2.35. The lowest BCUT2D eigenvalue weighted by molar-refractivity contribution is 0.281. The lowest BCUT2D eigenvalue weighted by atomic mass is 9.84. The van der Waals surface area contributed by atoms with Gasteiger partial charge in [0.25, 0.3) is 0 Å². The monoisotopic (exact) mass is 385 g/mol. The van der Waals surface area contributed by atoms with E-state index < -0.39 is 0 Å². The molecule has 3 nitrogen and oxygen atoms in total. The van der Waals surface area contributed by atoms with Gasteiger partial charge in [-0.1, -0.05) is 28.1 Å². The van der Waals surface area contributed by atoms with Crippen LogP contribution in [0.5, 0.6) is 11.5 Å². The minimum Gasteiger partial charge on any atom is -0.493 e. The van der Waals surface area contributed by atoms with Crippen LogP contribution in [0.2, 0.25) is 0 Å². The number of anilines is 1. The summed E-state index contributed by atoms with van der Waals surface area (Å²) in [5.41, 5.74) is 7.19. The van der Waals surface area contributed by atoms with Crippen LogP contribution in [0.1, 0.15) is 31.9 Å². The number of rotatable bonds is 1. The molecule has 24 heavy (non-hydrogen) atoms. The van der Waals surface area contributed by atoms with Crippen LogP contribution in [0.25, 0.3) is 17.2 Å². The minimum absolute atomic E-state index is 0.0269. The van der Waals surface area contributed by atoms with Gasteiger partial charge in [0.05, 0.1) is 12.6 Å². The Morgan fingerprint density at radius 2 is 2.00 bits per heavy atom. The van der Waals surface area contributed by atoms with Gasteiger partial charge in [0.15, 0.2) is 11.5 Å². The van der Waals surface area contributed by atoms with E-state index in [0.717, 1.165) is 21.5 Å². The van der Waals surface area contributed by atoms with Gasteiger partial charge in [-0.2, -0.15) is 0 Å². The molecule has 2 aliphatic heterocycles. The lowest BCUT2D eigenvalue weighted by Gasteiger charge is -2.36. The average molecular weight is 386 g/mol. The second-order valence-corrected chi connectivity index (χ2v) is 7.82. The predicted octanol–water partition coefficient (Wildman–Crippen LogP) is 5.62. The summed E-state index contributed by atoms with van der Waals surface area (Å²) in [5.74, 6) is 1.58. The zero-order valence-corrected chi connectivity index (χ0v) is 15.9. The molecule has 0 amide bonds. The van der Waals surface area contributed by atoms with Crippen LogP contribution in [0.4, 0.5) is 5.69 Å². The minimum atomic E-state index is -0.0269. The molecule has 0 spiro atoms. The maximum Gasteiger partial charge on any atom is 0.169 e. The molecule has 4 rings (SSSR count). The Kier molecular flexibility index (Phi) is 3.43. The predicted molar refractivity (Wildman–Crippen MR) is 102 cm³/mol. The largest absolute Gasteiger partial charge is 0.493 e. The first kappa shape index (κ1) is 15.6. The van der Waals surface area contributed by atoms with Crippen molar-refractivity contribution in [3.63, 3.8) is 0 Å². The molecule has 0 bridgehead atoms. The third-order valence-electron chi connectivity index (χ3n) is 5.04. The quantitative estimate of drug-likeness (QED) is 0.690. The molecule has 0 radical (unpaired) electrons. The van der Waals surface area contributed by atoms with Gasteiger partial charge >= 0.3 is 0 Å². The molecule has 2 aromatic carbocycles. The van der Waals surface area contributed by atoms with Crippen LogP contribution in [-0.2, 0) is 6.61 Å². The highest BCUT2D eigenvalue weighted by Gasteiger charge is 2.30. The Morgan fingerprint density at radius 1 is 1.21 bits per heavy atom. The maximum absolute atomic E-state index is 6.08. The summed E-state index contributed by atoms with van der Waals surface area (Å²) in [6.07, 6.45) is 2.29. The Morgan fingerprint density at radius 3 is 2.75 bits per heavy atom. The van der Waals surface area contributed by atoms with Crippen molar-refractivity contribution in [2.45, 2.75) is 32.9 Å². The van der Waals surface area contributed by atoms with E-state index in [1.54, 1.807) is 7.11 Å². The summed E-state index contributed by atoms with van der Waals surface area (Å²) in [6.45, 7) is 7.13. The number of methoxy groups -OCH3 is 1. The first-order valence-corrected chi connectivity index (χ1v) is 8.83. The van der Waals surface area contributed by atoms with Crippen molar-refractivity contribution in [2.24, 2.45) is 0 Å². The molecule has 124 valence electrons. The second-order valence-electron chi connectivity index (χ2n) is 6.90. The summed E-state index contributed by atoms with van der Waals surface area (Å²) in [4.78, 5) is 0. The summed E-state index contributed by atoms with van der Waals surface area (Å²) in [5, 5.41) is 3.64. The Bertz CT molecular complexity index is 884. The highest BCUT2D eigenvalue weighted by atomic mass is 79.9. The maximum atomic E-state index is 6.08. The molecule has 2 aliphatic rings. The van der Waals surface area contributed by atoms with Crippen molar-refractivity contribution >= 4 is 27.7 Å². The average Bonchev–Trinajstić information content (AvgIpc) is 2.54. The van der Waals surface area contributed by atoms with Crippen molar-refractivity contribution in [1.29, 1.82) is 0 Å². The van der Waals surface area contributed by atoms with E-state index >= 15 is 0 Å². The number of fused-ring (bicyclic) bond motifs is 5. The third-order valence-corrected chi connectivity index (χ3v) is 5.50.